The molecule has 1 saturated carbocycles. The Balaban J connectivity index is 1.66. The van der Waals surface area contributed by atoms with Gasteiger partial charge >= 0.3 is 5.97 Å². The van der Waals surface area contributed by atoms with E-state index in [0.717, 1.165) is 12.8 Å². The summed E-state index contributed by atoms with van der Waals surface area (Å²) in [6.07, 6.45) is 3.25. The van der Waals surface area contributed by atoms with Crippen LogP contribution in [0, 0.1) is 11.8 Å². The lowest BCUT2D eigenvalue weighted by molar-refractivity contribution is -0.147. The summed E-state index contributed by atoms with van der Waals surface area (Å²) < 4.78 is 4.91. The molecule has 1 aliphatic carbocycles. The Kier molecular flexibility index (Phi) is 6.78. The third kappa shape index (κ3) is 5.33. The first-order valence-electron chi connectivity index (χ1n) is 8.24. The van der Waals surface area contributed by atoms with Crippen LogP contribution in [0.3, 0.4) is 0 Å². The van der Waals surface area contributed by atoms with E-state index in [1.165, 1.54) is 17.8 Å². The van der Waals surface area contributed by atoms with Gasteiger partial charge in [0.2, 0.25) is 0 Å². The molecule has 2 rings (SSSR count). The molecule has 0 spiro atoms. The highest BCUT2D eigenvalue weighted by Crippen LogP contribution is 2.29. The van der Waals surface area contributed by atoms with Crippen LogP contribution >= 0.6 is 11.3 Å². The summed E-state index contributed by atoms with van der Waals surface area (Å²) in [6.45, 7) is 3.77. The summed E-state index contributed by atoms with van der Waals surface area (Å²) in [4.78, 5) is 35.8. The first-order valence-corrected chi connectivity index (χ1v) is 9.12. The number of amides is 2. The molecular formula is C17H24N2O4S. The van der Waals surface area contributed by atoms with E-state index in [-0.39, 0.29) is 31.0 Å². The second-order valence-corrected chi connectivity index (χ2v) is 7.21. The van der Waals surface area contributed by atoms with Gasteiger partial charge in [-0.15, -0.1) is 11.3 Å². The highest BCUT2D eigenvalue weighted by Gasteiger charge is 2.28. The normalized spacial score (nSPS) is 23.3. The number of esters is 1. The van der Waals surface area contributed by atoms with Crippen molar-refractivity contribution < 1.29 is 19.1 Å². The van der Waals surface area contributed by atoms with E-state index in [2.05, 4.69) is 24.5 Å². The zero-order valence-corrected chi connectivity index (χ0v) is 14.9. The van der Waals surface area contributed by atoms with Crippen molar-refractivity contribution in [3.8, 4) is 0 Å². The maximum atomic E-state index is 11.9. The molecule has 0 saturated heterocycles. The minimum absolute atomic E-state index is 0.137. The molecule has 7 heteroatoms. The number of ether oxygens (including phenoxy) is 1. The highest BCUT2D eigenvalue weighted by atomic mass is 32.1. The molecule has 24 heavy (non-hydrogen) atoms. The van der Waals surface area contributed by atoms with E-state index in [1.54, 1.807) is 17.5 Å². The van der Waals surface area contributed by atoms with Crippen LogP contribution in [0.25, 0.3) is 0 Å². The van der Waals surface area contributed by atoms with Crippen molar-refractivity contribution in [1.29, 1.82) is 0 Å². The van der Waals surface area contributed by atoms with Crippen molar-refractivity contribution in [2.45, 2.75) is 39.2 Å². The Labute approximate surface area is 146 Å². The van der Waals surface area contributed by atoms with Crippen molar-refractivity contribution in [1.82, 2.24) is 10.6 Å². The molecule has 1 aliphatic rings. The van der Waals surface area contributed by atoms with Gasteiger partial charge in [-0.25, -0.2) is 0 Å². The van der Waals surface area contributed by atoms with Gasteiger partial charge in [-0.2, -0.15) is 0 Å². The van der Waals surface area contributed by atoms with Crippen LogP contribution in [0.2, 0.25) is 0 Å². The van der Waals surface area contributed by atoms with Crippen LogP contribution < -0.4 is 10.6 Å². The van der Waals surface area contributed by atoms with Crippen LogP contribution in [0.15, 0.2) is 17.5 Å². The van der Waals surface area contributed by atoms with Crippen molar-refractivity contribution in [3.63, 3.8) is 0 Å². The minimum Gasteiger partial charge on any atom is -0.454 e. The van der Waals surface area contributed by atoms with E-state index in [0.29, 0.717) is 16.7 Å². The minimum atomic E-state index is -0.625. The average Bonchev–Trinajstić information content (AvgIpc) is 3.09. The summed E-state index contributed by atoms with van der Waals surface area (Å²) in [5.74, 6) is -0.238. The fourth-order valence-electron chi connectivity index (χ4n) is 2.88. The summed E-state index contributed by atoms with van der Waals surface area (Å²) in [5, 5.41) is 7.19. The predicted molar refractivity (Wildman–Crippen MR) is 91.7 cm³/mol. The number of rotatable bonds is 6. The molecule has 2 amide bonds. The SMILES string of the molecule is C[C@H]1[C@@H](NC(=O)COC(=O)CNC(=O)c2cccs2)CCC[C@@H]1C. The molecule has 0 bridgehead atoms. The number of hydrogen-bond acceptors (Lipinski definition) is 5. The quantitative estimate of drug-likeness (QED) is 0.767. The molecule has 1 heterocycles. The Morgan fingerprint density at radius 1 is 1.29 bits per heavy atom. The molecule has 6 nitrogen and oxygen atoms in total. The Morgan fingerprint density at radius 2 is 2.08 bits per heavy atom. The maximum absolute atomic E-state index is 11.9. The first-order chi connectivity index (χ1) is 11.5. The molecule has 0 aliphatic heterocycles. The second kappa shape index (κ2) is 8.82. The van der Waals surface area contributed by atoms with Crippen LogP contribution in [0.5, 0.6) is 0 Å². The fourth-order valence-corrected chi connectivity index (χ4v) is 3.52. The molecule has 2 N–H and O–H groups in total. The van der Waals surface area contributed by atoms with Crippen LogP contribution in [-0.4, -0.2) is 37.0 Å². The lowest BCUT2D eigenvalue weighted by Gasteiger charge is -2.34. The lowest BCUT2D eigenvalue weighted by atomic mass is 9.78. The molecular weight excluding hydrogens is 328 g/mol. The first kappa shape index (κ1) is 18.4. The van der Waals surface area contributed by atoms with Crippen molar-refractivity contribution in [2.24, 2.45) is 11.8 Å². The van der Waals surface area contributed by atoms with Gasteiger partial charge < -0.3 is 15.4 Å². The topological polar surface area (TPSA) is 84.5 Å². The summed E-state index contributed by atoms with van der Waals surface area (Å²) in [7, 11) is 0. The predicted octanol–water partition coefficient (Wildman–Crippen LogP) is 1.96. The number of carbonyl (C=O) groups excluding carboxylic acids is 3. The fraction of sp³-hybridized carbons (Fsp3) is 0.588. The van der Waals surface area contributed by atoms with Crippen molar-refractivity contribution in [3.05, 3.63) is 22.4 Å². The molecule has 0 unspecified atom stereocenters. The van der Waals surface area contributed by atoms with Gasteiger partial charge in [-0.1, -0.05) is 32.8 Å². The number of nitrogens with one attached hydrogen (secondary N) is 2. The van der Waals surface area contributed by atoms with Gasteiger partial charge in [0, 0.05) is 6.04 Å². The third-order valence-electron chi connectivity index (χ3n) is 4.56. The summed E-state index contributed by atoms with van der Waals surface area (Å²) in [6, 6.07) is 3.57. The van der Waals surface area contributed by atoms with Gasteiger partial charge in [0.1, 0.15) is 6.54 Å². The largest absolute Gasteiger partial charge is 0.454 e. The number of carbonyl (C=O) groups is 3. The molecule has 1 aromatic rings. The van der Waals surface area contributed by atoms with E-state index < -0.39 is 5.97 Å². The average molecular weight is 352 g/mol. The van der Waals surface area contributed by atoms with Gasteiger partial charge in [0.05, 0.1) is 4.88 Å². The molecule has 3 atom stereocenters. The number of thiophene rings is 1. The number of hydrogen-bond donors (Lipinski definition) is 2. The summed E-state index contributed by atoms with van der Waals surface area (Å²) >= 11 is 1.29. The Morgan fingerprint density at radius 3 is 2.79 bits per heavy atom. The van der Waals surface area contributed by atoms with E-state index in [9.17, 15) is 14.4 Å². The lowest BCUT2D eigenvalue weighted by Crippen LogP contribution is -2.45. The second-order valence-electron chi connectivity index (χ2n) is 6.26. The zero-order valence-electron chi connectivity index (χ0n) is 14.0. The van der Waals surface area contributed by atoms with E-state index in [1.807, 2.05) is 0 Å². The van der Waals surface area contributed by atoms with Crippen LogP contribution in [0.1, 0.15) is 42.8 Å². The van der Waals surface area contributed by atoms with Crippen LogP contribution in [0.4, 0.5) is 0 Å². The Bertz CT molecular complexity index is 573. The summed E-state index contributed by atoms with van der Waals surface area (Å²) in [5.41, 5.74) is 0. The molecule has 132 valence electrons. The van der Waals surface area contributed by atoms with Gasteiger partial charge in [-0.3, -0.25) is 14.4 Å². The molecule has 1 fully saturated rings. The molecule has 1 aromatic heterocycles. The molecule has 0 radical (unpaired) electrons. The maximum Gasteiger partial charge on any atom is 0.325 e. The molecule has 0 aromatic carbocycles. The monoisotopic (exact) mass is 352 g/mol. The van der Waals surface area contributed by atoms with Gasteiger partial charge in [-0.05, 0) is 29.7 Å². The Hall–Kier alpha value is -1.89. The highest BCUT2D eigenvalue weighted by molar-refractivity contribution is 7.12. The smallest absolute Gasteiger partial charge is 0.325 e. The van der Waals surface area contributed by atoms with Crippen molar-refractivity contribution in [2.75, 3.05) is 13.2 Å². The van der Waals surface area contributed by atoms with Crippen molar-refractivity contribution >= 4 is 29.1 Å². The standard InChI is InChI=1S/C17H24N2O4S/c1-11-5-3-6-13(12(11)2)19-15(20)10-23-16(21)9-18-17(22)14-7-4-8-24-14/h4,7-8,11-13H,3,5-6,9-10H2,1-2H3,(H,18,22)(H,19,20)/t11-,12+,13-/m0/s1. The van der Waals surface area contributed by atoms with Crippen LogP contribution in [-0.2, 0) is 14.3 Å². The van der Waals surface area contributed by atoms with E-state index >= 15 is 0 Å². The van der Waals surface area contributed by atoms with Gasteiger partial charge in [0.15, 0.2) is 6.61 Å². The third-order valence-corrected chi connectivity index (χ3v) is 5.42. The zero-order chi connectivity index (χ0) is 17.5. The van der Waals surface area contributed by atoms with Gasteiger partial charge in [0.25, 0.3) is 11.8 Å². The van der Waals surface area contributed by atoms with E-state index in [4.69, 9.17) is 4.74 Å².